The lowest BCUT2D eigenvalue weighted by Crippen LogP contribution is -2.19. The molecule has 0 heterocycles. The number of nitrogens with two attached hydrogens (primary N) is 1. The Morgan fingerprint density at radius 1 is 1.35 bits per heavy atom. The van der Waals surface area contributed by atoms with Gasteiger partial charge in [0.1, 0.15) is 0 Å². The number of carbonyl (C=O) groups is 1. The van der Waals surface area contributed by atoms with E-state index in [9.17, 15) is 4.79 Å². The van der Waals surface area contributed by atoms with E-state index in [0.717, 1.165) is 19.1 Å². The summed E-state index contributed by atoms with van der Waals surface area (Å²) in [6, 6.07) is 3.80. The van der Waals surface area contributed by atoms with Gasteiger partial charge in [0.25, 0.3) is 0 Å². The van der Waals surface area contributed by atoms with Crippen LogP contribution < -0.4 is 11.1 Å². The summed E-state index contributed by atoms with van der Waals surface area (Å²) in [6.45, 7) is 1.89. The minimum Gasteiger partial charge on any atom is -0.328 e. The lowest BCUT2D eigenvalue weighted by molar-refractivity contribution is -0.116. The van der Waals surface area contributed by atoms with Crippen molar-refractivity contribution < 1.29 is 4.79 Å². The zero-order chi connectivity index (χ0) is 13.0. The minimum atomic E-state index is -0.0361. The molecule has 0 fully saturated rings. The van der Waals surface area contributed by atoms with Crippen LogP contribution in [0.5, 0.6) is 0 Å². The van der Waals surface area contributed by atoms with Crippen molar-refractivity contribution in [3.8, 4) is 0 Å². The minimum absolute atomic E-state index is 0.0361. The largest absolute Gasteiger partial charge is 0.328 e. The van der Waals surface area contributed by atoms with Crippen molar-refractivity contribution in [2.24, 2.45) is 5.73 Å². The molecule has 3 N–H and O–H groups in total. The molecular weight excluding hydrogens is 416 g/mol. The summed E-state index contributed by atoms with van der Waals surface area (Å²) in [7, 11) is 0. The van der Waals surface area contributed by atoms with Gasteiger partial charge in [-0.1, -0.05) is 15.9 Å². The molecular formula is C11H13Br3N2O. The Labute approximate surface area is 126 Å². The van der Waals surface area contributed by atoms with Gasteiger partial charge in [-0.25, -0.2) is 0 Å². The van der Waals surface area contributed by atoms with Crippen LogP contribution in [-0.4, -0.2) is 11.9 Å². The highest BCUT2D eigenvalue weighted by Crippen LogP contribution is 2.34. The molecule has 0 spiro atoms. The Balaban J connectivity index is 2.72. The summed E-state index contributed by atoms with van der Waals surface area (Å²) in [4.78, 5) is 11.7. The molecule has 1 rings (SSSR count). The van der Waals surface area contributed by atoms with E-state index in [-0.39, 0.29) is 11.9 Å². The second-order valence-corrected chi connectivity index (χ2v) is 6.43. The fraction of sp³-hybridized carbons (Fsp3) is 0.364. The first-order valence-electron chi connectivity index (χ1n) is 5.10. The van der Waals surface area contributed by atoms with Gasteiger partial charge in [-0.2, -0.15) is 0 Å². The number of benzene rings is 1. The smallest absolute Gasteiger partial charge is 0.224 e. The van der Waals surface area contributed by atoms with Crippen LogP contribution in [-0.2, 0) is 4.79 Å². The number of nitrogens with one attached hydrogen (secondary N) is 1. The number of hydrogen-bond acceptors (Lipinski definition) is 2. The van der Waals surface area contributed by atoms with Crippen molar-refractivity contribution in [1.82, 2.24) is 0 Å². The fourth-order valence-electron chi connectivity index (χ4n) is 1.22. The van der Waals surface area contributed by atoms with Crippen molar-refractivity contribution in [2.75, 3.05) is 5.32 Å². The summed E-state index contributed by atoms with van der Waals surface area (Å²) in [5, 5.41) is 2.85. The maximum Gasteiger partial charge on any atom is 0.224 e. The molecule has 0 saturated heterocycles. The van der Waals surface area contributed by atoms with Gasteiger partial charge in [0.15, 0.2) is 0 Å². The van der Waals surface area contributed by atoms with Crippen LogP contribution in [0.1, 0.15) is 19.8 Å². The number of rotatable bonds is 4. The number of anilines is 1. The Morgan fingerprint density at radius 3 is 2.35 bits per heavy atom. The Bertz CT molecular complexity index is 398. The van der Waals surface area contributed by atoms with Crippen LogP contribution in [0.4, 0.5) is 5.69 Å². The third-order valence-corrected chi connectivity index (χ3v) is 3.81. The highest BCUT2D eigenvalue weighted by atomic mass is 79.9. The quantitative estimate of drug-likeness (QED) is 0.760. The van der Waals surface area contributed by atoms with Gasteiger partial charge in [0, 0.05) is 25.9 Å². The molecule has 0 bridgehead atoms. The molecule has 1 atom stereocenters. The second kappa shape index (κ2) is 6.87. The molecule has 1 aromatic carbocycles. The van der Waals surface area contributed by atoms with Gasteiger partial charge < -0.3 is 11.1 Å². The average molecular weight is 429 g/mol. The van der Waals surface area contributed by atoms with E-state index >= 15 is 0 Å². The lowest BCUT2D eigenvalue weighted by Gasteiger charge is -2.11. The highest BCUT2D eigenvalue weighted by molar-refractivity contribution is 9.11. The molecule has 0 aromatic heterocycles. The predicted octanol–water partition coefficient (Wildman–Crippen LogP) is 4.04. The third kappa shape index (κ3) is 5.07. The summed E-state index contributed by atoms with van der Waals surface area (Å²) in [6.07, 6.45) is 1.10. The molecule has 1 unspecified atom stereocenters. The van der Waals surface area contributed by atoms with Crippen LogP contribution in [0.25, 0.3) is 0 Å². The predicted molar refractivity (Wildman–Crippen MR) is 81.1 cm³/mol. The normalized spacial score (nSPS) is 12.3. The molecule has 0 aliphatic carbocycles. The van der Waals surface area contributed by atoms with Gasteiger partial charge in [-0.3, -0.25) is 4.79 Å². The van der Waals surface area contributed by atoms with E-state index < -0.39 is 0 Å². The first kappa shape index (κ1) is 15.1. The van der Waals surface area contributed by atoms with Crippen LogP contribution in [0.3, 0.4) is 0 Å². The van der Waals surface area contributed by atoms with E-state index in [1.165, 1.54) is 0 Å². The Hall–Kier alpha value is 0.0900. The van der Waals surface area contributed by atoms with E-state index in [1.807, 2.05) is 19.1 Å². The van der Waals surface area contributed by atoms with Crippen molar-refractivity contribution in [2.45, 2.75) is 25.8 Å². The first-order valence-corrected chi connectivity index (χ1v) is 7.48. The van der Waals surface area contributed by atoms with Crippen molar-refractivity contribution >= 4 is 59.4 Å². The summed E-state index contributed by atoms with van der Waals surface area (Å²) in [5.74, 6) is -0.0361. The van der Waals surface area contributed by atoms with Crippen LogP contribution in [0.15, 0.2) is 25.6 Å². The van der Waals surface area contributed by atoms with E-state index in [0.29, 0.717) is 12.8 Å². The van der Waals surface area contributed by atoms with Crippen molar-refractivity contribution in [3.05, 3.63) is 25.6 Å². The van der Waals surface area contributed by atoms with E-state index in [1.54, 1.807) is 0 Å². The fourth-order valence-corrected chi connectivity index (χ4v) is 3.68. The standard InChI is InChI=1S/C11H13Br3N2O/c1-6(15)2-3-10(17)16-11-8(13)4-7(12)5-9(11)14/h4-6H,2-3,15H2,1H3,(H,16,17). The number of halogens is 3. The molecule has 17 heavy (non-hydrogen) atoms. The van der Waals surface area contributed by atoms with Gasteiger partial charge in [0.2, 0.25) is 5.91 Å². The Kier molecular flexibility index (Phi) is 6.12. The maximum atomic E-state index is 11.7. The summed E-state index contributed by atoms with van der Waals surface area (Å²) < 4.78 is 2.59. The molecule has 0 aliphatic rings. The monoisotopic (exact) mass is 426 g/mol. The Morgan fingerprint density at radius 2 is 1.88 bits per heavy atom. The van der Waals surface area contributed by atoms with Gasteiger partial charge in [0.05, 0.1) is 5.69 Å². The maximum absolute atomic E-state index is 11.7. The lowest BCUT2D eigenvalue weighted by atomic mass is 10.2. The zero-order valence-corrected chi connectivity index (χ0v) is 14.0. The van der Waals surface area contributed by atoms with E-state index in [4.69, 9.17) is 5.73 Å². The summed E-state index contributed by atoms with van der Waals surface area (Å²) in [5.41, 5.74) is 6.35. The van der Waals surface area contributed by atoms with Crippen LogP contribution in [0.2, 0.25) is 0 Å². The SMILES string of the molecule is CC(N)CCC(=O)Nc1c(Br)cc(Br)cc1Br. The average Bonchev–Trinajstić information content (AvgIpc) is 2.20. The van der Waals surface area contributed by atoms with Crippen LogP contribution >= 0.6 is 47.8 Å². The molecule has 94 valence electrons. The van der Waals surface area contributed by atoms with Crippen molar-refractivity contribution in [1.29, 1.82) is 0 Å². The zero-order valence-electron chi connectivity index (χ0n) is 9.27. The molecule has 6 heteroatoms. The summed E-state index contributed by atoms with van der Waals surface area (Å²) >= 11 is 10.2. The highest BCUT2D eigenvalue weighted by Gasteiger charge is 2.10. The number of carbonyl (C=O) groups excluding carboxylic acids is 1. The molecule has 0 aliphatic heterocycles. The van der Waals surface area contributed by atoms with E-state index in [2.05, 4.69) is 53.1 Å². The molecule has 0 saturated carbocycles. The molecule has 3 nitrogen and oxygen atoms in total. The molecule has 1 amide bonds. The first-order chi connectivity index (χ1) is 7.90. The van der Waals surface area contributed by atoms with Gasteiger partial charge in [-0.05, 0) is 57.3 Å². The second-order valence-electron chi connectivity index (χ2n) is 3.81. The third-order valence-electron chi connectivity index (χ3n) is 2.10. The van der Waals surface area contributed by atoms with Gasteiger partial charge in [-0.15, -0.1) is 0 Å². The molecule has 1 aromatic rings. The topological polar surface area (TPSA) is 55.1 Å². The molecule has 0 radical (unpaired) electrons. The number of amides is 1. The van der Waals surface area contributed by atoms with Crippen LogP contribution in [0, 0.1) is 0 Å². The van der Waals surface area contributed by atoms with Crippen molar-refractivity contribution in [3.63, 3.8) is 0 Å². The van der Waals surface area contributed by atoms with Gasteiger partial charge >= 0.3 is 0 Å². The number of hydrogen-bond donors (Lipinski definition) is 2.